The highest BCUT2D eigenvalue weighted by Crippen LogP contribution is 2.54. The van der Waals surface area contributed by atoms with E-state index >= 15 is 0 Å². The third-order valence-corrected chi connectivity index (χ3v) is 14.9. The minimum atomic E-state index is -0.141. The lowest BCUT2D eigenvalue weighted by atomic mass is 9.79. The first-order chi connectivity index (χ1) is 29.1. The van der Waals surface area contributed by atoms with Crippen LogP contribution in [0.4, 0.5) is 0 Å². The van der Waals surface area contributed by atoms with Crippen molar-refractivity contribution in [1.82, 2.24) is 4.98 Å². The van der Waals surface area contributed by atoms with Crippen molar-refractivity contribution >= 4 is 43.1 Å². The number of nitrogens with zero attached hydrogens (tertiary/aromatic N) is 1. The summed E-state index contributed by atoms with van der Waals surface area (Å²) in [5, 5.41) is 6.15. The van der Waals surface area contributed by atoms with Crippen LogP contribution in [0.2, 0.25) is 0 Å². The molecule has 0 N–H and O–H groups in total. The largest absolute Gasteiger partial charge is 0.236 e. The lowest BCUT2D eigenvalue weighted by molar-refractivity contribution is 0.659. The van der Waals surface area contributed by atoms with Crippen molar-refractivity contribution in [2.75, 3.05) is 0 Å². The number of thiazole rings is 1. The Morgan fingerprint density at radius 2 is 0.817 bits per heavy atom. The average molecular weight is 786 g/mol. The van der Waals surface area contributed by atoms with E-state index in [1.165, 1.54) is 115 Å². The van der Waals surface area contributed by atoms with E-state index in [-0.39, 0.29) is 10.8 Å². The van der Waals surface area contributed by atoms with Gasteiger partial charge in [-0.2, -0.15) is 0 Å². The van der Waals surface area contributed by atoms with Crippen LogP contribution in [0.25, 0.3) is 98.0 Å². The van der Waals surface area contributed by atoms with Crippen LogP contribution in [0.5, 0.6) is 0 Å². The Balaban J connectivity index is 0.858. The normalized spacial score (nSPS) is 14.3. The van der Waals surface area contributed by atoms with Crippen molar-refractivity contribution in [2.24, 2.45) is 0 Å². The fraction of sp³-hybridized carbons (Fsp3) is 0.121. The van der Waals surface area contributed by atoms with Crippen molar-refractivity contribution in [3.8, 4) is 66.2 Å². The number of hydrogen-bond acceptors (Lipinski definition) is 2. The summed E-state index contributed by atoms with van der Waals surface area (Å²) in [4.78, 5) is 4.99. The molecule has 1 aromatic heterocycles. The molecule has 2 aliphatic carbocycles. The van der Waals surface area contributed by atoms with Gasteiger partial charge in [-0.15, -0.1) is 11.3 Å². The zero-order valence-electron chi connectivity index (χ0n) is 34.5. The fourth-order valence-electron chi connectivity index (χ4n) is 10.4. The van der Waals surface area contributed by atoms with Crippen molar-refractivity contribution < 1.29 is 0 Å². The van der Waals surface area contributed by atoms with E-state index in [0.717, 1.165) is 10.5 Å². The van der Waals surface area contributed by atoms with E-state index in [1.807, 2.05) is 0 Å². The molecule has 12 rings (SSSR count). The van der Waals surface area contributed by atoms with Crippen LogP contribution >= 0.6 is 11.3 Å². The maximum Gasteiger partial charge on any atom is 0.124 e. The topological polar surface area (TPSA) is 12.9 Å². The van der Waals surface area contributed by atoms with Crippen LogP contribution in [0, 0.1) is 6.92 Å². The second kappa shape index (κ2) is 12.7. The van der Waals surface area contributed by atoms with Crippen LogP contribution in [-0.2, 0) is 10.8 Å². The zero-order chi connectivity index (χ0) is 40.5. The molecule has 0 atom stereocenters. The van der Waals surface area contributed by atoms with Crippen molar-refractivity contribution in [3.63, 3.8) is 0 Å². The minimum Gasteiger partial charge on any atom is -0.236 e. The number of aryl methyl sites for hydroxylation is 1. The molecule has 0 amide bonds. The van der Waals surface area contributed by atoms with Crippen LogP contribution in [-0.4, -0.2) is 4.98 Å². The Labute approximate surface area is 355 Å². The van der Waals surface area contributed by atoms with Crippen LogP contribution in [0.15, 0.2) is 170 Å². The molecule has 1 nitrogen and oxygen atoms in total. The van der Waals surface area contributed by atoms with Gasteiger partial charge in [0.05, 0.1) is 10.2 Å². The predicted molar refractivity (Wildman–Crippen MR) is 256 cm³/mol. The highest BCUT2D eigenvalue weighted by atomic mass is 32.1. The molecule has 1 heterocycles. The number of para-hydroxylation sites is 1. The average Bonchev–Trinajstić information content (AvgIpc) is 3.88. The van der Waals surface area contributed by atoms with E-state index in [9.17, 15) is 0 Å². The Morgan fingerprint density at radius 1 is 0.367 bits per heavy atom. The lowest BCUT2D eigenvalue weighted by Gasteiger charge is -2.24. The van der Waals surface area contributed by atoms with E-state index in [1.54, 1.807) is 11.3 Å². The van der Waals surface area contributed by atoms with Gasteiger partial charge >= 0.3 is 0 Å². The lowest BCUT2D eigenvalue weighted by Crippen LogP contribution is -2.15. The number of hydrogen-bond donors (Lipinski definition) is 0. The minimum absolute atomic E-state index is 0.129. The summed E-state index contributed by atoms with van der Waals surface area (Å²) in [6.45, 7) is 11.8. The molecule has 0 unspecified atom stereocenters. The van der Waals surface area contributed by atoms with Gasteiger partial charge in [0.25, 0.3) is 0 Å². The summed E-state index contributed by atoms with van der Waals surface area (Å²) in [7, 11) is 0. The SMILES string of the molecule is Cc1cc2c(cc1-c1ccc3cc(-c4ccc5ccccc5c4)ccc3c1)C(C)(C)c1cc(-c3ccc4c(c3)C(C)(C)c3cc(-c5nc6ccccc6s5)ccc3-4)ccc1-2. The number of aromatic nitrogens is 1. The molecule has 2 aliphatic rings. The van der Waals surface area contributed by atoms with Gasteiger partial charge in [-0.25, -0.2) is 4.98 Å². The van der Waals surface area contributed by atoms with Gasteiger partial charge in [-0.05, 0) is 167 Å². The molecule has 60 heavy (non-hydrogen) atoms. The van der Waals surface area contributed by atoms with E-state index < -0.39 is 0 Å². The highest BCUT2D eigenvalue weighted by molar-refractivity contribution is 7.21. The van der Waals surface area contributed by atoms with Crippen LogP contribution in [0.1, 0.15) is 55.5 Å². The molecule has 0 radical (unpaired) electrons. The molecule has 0 spiro atoms. The second-order valence-electron chi connectivity index (χ2n) is 18.1. The second-order valence-corrected chi connectivity index (χ2v) is 19.1. The van der Waals surface area contributed by atoms with Gasteiger partial charge in [-0.3, -0.25) is 0 Å². The quantitative estimate of drug-likeness (QED) is 0.173. The summed E-state index contributed by atoms with van der Waals surface area (Å²) in [6, 6.07) is 63.8. The standard InChI is InChI=1S/C58H43NS/c1-34-26-49-47-24-21-42(41-20-23-45-46-25-22-44(32-52(46)57(2,3)50(45)30-41)56-59-54-12-8-9-13-55(54)60-56)31-51(47)58(4,5)53(49)33-48(34)43-19-18-39-28-38(16-17-40(39)29-43)37-15-14-35-10-6-7-11-36(35)27-37/h6-33H,1-5H3. The van der Waals surface area contributed by atoms with Gasteiger partial charge in [0, 0.05) is 16.4 Å². The molecule has 9 aromatic carbocycles. The summed E-state index contributed by atoms with van der Waals surface area (Å²) < 4.78 is 1.23. The smallest absolute Gasteiger partial charge is 0.124 e. The molecule has 0 fully saturated rings. The Hall–Kier alpha value is -6.61. The molecule has 0 bridgehead atoms. The molecule has 0 aliphatic heterocycles. The molecule has 2 heteroatoms. The highest BCUT2D eigenvalue weighted by Gasteiger charge is 2.38. The van der Waals surface area contributed by atoms with Gasteiger partial charge in [0.1, 0.15) is 5.01 Å². The zero-order valence-corrected chi connectivity index (χ0v) is 35.3. The van der Waals surface area contributed by atoms with E-state index in [0.29, 0.717) is 0 Å². The number of fused-ring (bicyclic) bond motifs is 9. The number of benzene rings is 9. The van der Waals surface area contributed by atoms with E-state index in [2.05, 4.69) is 204 Å². The third kappa shape index (κ3) is 5.27. The summed E-state index contributed by atoms with van der Waals surface area (Å²) in [5.41, 5.74) is 21.9. The fourth-order valence-corrected chi connectivity index (χ4v) is 11.3. The summed E-state index contributed by atoms with van der Waals surface area (Å²) in [5.74, 6) is 0. The molecule has 0 saturated heterocycles. The third-order valence-electron chi connectivity index (χ3n) is 13.8. The van der Waals surface area contributed by atoms with Gasteiger partial charge in [-0.1, -0.05) is 143 Å². The van der Waals surface area contributed by atoms with Gasteiger partial charge in [0.15, 0.2) is 0 Å². The number of rotatable bonds is 4. The Kier molecular flexibility index (Phi) is 7.48. The predicted octanol–water partition coefficient (Wildman–Crippen LogP) is 16.2. The van der Waals surface area contributed by atoms with Gasteiger partial charge in [0.2, 0.25) is 0 Å². The van der Waals surface area contributed by atoms with E-state index in [4.69, 9.17) is 4.98 Å². The van der Waals surface area contributed by atoms with Crippen molar-refractivity contribution in [3.05, 3.63) is 198 Å². The molecule has 286 valence electrons. The first-order valence-electron chi connectivity index (χ1n) is 21.1. The van der Waals surface area contributed by atoms with Crippen molar-refractivity contribution in [1.29, 1.82) is 0 Å². The summed E-state index contributed by atoms with van der Waals surface area (Å²) in [6.07, 6.45) is 0. The maximum atomic E-state index is 4.99. The monoisotopic (exact) mass is 785 g/mol. The Morgan fingerprint density at radius 3 is 1.47 bits per heavy atom. The summed E-state index contributed by atoms with van der Waals surface area (Å²) >= 11 is 1.77. The maximum absolute atomic E-state index is 4.99. The molecular formula is C58H43NS. The first-order valence-corrected chi connectivity index (χ1v) is 21.9. The van der Waals surface area contributed by atoms with Crippen LogP contribution in [0.3, 0.4) is 0 Å². The first kappa shape index (κ1) is 35.3. The van der Waals surface area contributed by atoms with Gasteiger partial charge < -0.3 is 0 Å². The molecule has 0 saturated carbocycles. The van der Waals surface area contributed by atoms with Crippen LogP contribution < -0.4 is 0 Å². The molecular weight excluding hydrogens is 743 g/mol. The van der Waals surface area contributed by atoms with Crippen molar-refractivity contribution in [2.45, 2.75) is 45.4 Å². The molecule has 10 aromatic rings. The Bertz CT molecular complexity index is 3420.